The molecule has 12 heteroatoms. The molecule has 0 bridgehead atoms. The van der Waals surface area contributed by atoms with Crippen LogP contribution >= 0.6 is 23.2 Å². The van der Waals surface area contributed by atoms with E-state index < -0.39 is 42.4 Å². The zero-order chi connectivity index (χ0) is 24.4. The van der Waals surface area contributed by atoms with Crippen molar-refractivity contribution in [3.63, 3.8) is 0 Å². The number of rotatable bonds is 7. The van der Waals surface area contributed by atoms with Crippen molar-refractivity contribution in [3.05, 3.63) is 22.2 Å². The molecule has 1 N–H and O–H groups in total. The second-order valence-corrected chi connectivity index (χ2v) is 8.72. The number of ether oxygens (including phenoxy) is 4. The van der Waals surface area contributed by atoms with E-state index in [-0.39, 0.29) is 12.6 Å². The molecular weight excluding hydrogens is 477 g/mol. The first-order valence-electron chi connectivity index (χ1n) is 10.2. The number of carbonyl (C=O) groups excluding carboxylic acids is 3. The average Bonchev–Trinajstić information content (AvgIpc) is 3.17. The predicted octanol–water partition coefficient (Wildman–Crippen LogP) is 3.49. The maximum atomic E-state index is 12.0. The van der Waals surface area contributed by atoms with Gasteiger partial charge in [0.15, 0.2) is 18.4 Å². The Morgan fingerprint density at radius 3 is 2.30 bits per heavy atom. The lowest BCUT2D eigenvalue weighted by atomic mass is 10.1. The summed E-state index contributed by atoms with van der Waals surface area (Å²) in [7, 11) is 0. The number of fused-ring (bicyclic) bond motifs is 1. The Hall–Kier alpha value is -2.56. The van der Waals surface area contributed by atoms with Gasteiger partial charge in [0.25, 0.3) is 0 Å². The van der Waals surface area contributed by atoms with Crippen molar-refractivity contribution in [2.45, 2.75) is 65.2 Å². The standard InChI is InChI=1S/C21H25Cl2N3O7/c1-9(2)24-21-25-17-14(23)6-13(22)7-15(17)26(21)20-19(32-12(5)29)18(31-11(4)28)16(33-20)8-30-10(3)27/h6-7,9,16,18-20H,8H2,1-5H3,(H,24,25)/t16-,18-,19-,20-/m0/s1. The van der Waals surface area contributed by atoms with Gasteiger partial charge in [0.1, 0.15) is 18.2 Å². The SMILES string of the molecule is CC(=O)OC[C@@H]1O[C@H](n2c(NC(C)C)nc3c(Cl)cc(Cl)cc32)[C@@H](OC(C)=O)[C@H]1OC(C)=O. The van der Waals surface area contributed by atoms with Crippen LogP contribution < -0.4 is 5.32 Å². The number of anilines is 1. The van der Waals surface area contributed by atoms with E-state index in [1.165, 1.54) is 20.8 Å². The Balaban J connectivity index is 2.17. The molecule has 2 aromatic rings. The monoisotopic (exact) mass is 501 g/mol. The highest BCUT2D eigenvalue weighted by atomic mass is 35.5. The van der Waals surface area contributed by atoms with Gasteiger partial charge in [0.05, 0.1) is 10.5 Å². The maximum Gasteiger partial charge on any atom is 0.303 e. The number of nitrogens with zero attached hydrogens (tertiary/aromatic N) is 2. The lowest BCUT2D eigenvalue weighted by molar-refractivity contribution is -0.166. The van der Waals surface area contributed by atoms with Crippen LogP contribution in [0.2, 0.25) is 10.0 Å². The van der Waals surface area contributed by atoms with Crippen LogP contribution in [0.4, 0.5) is 5.95 Å². The number of nitrogens with one attached hydrogen (secondary N) is 1. The Morgan fingerprint density at radius 2 is 1.73 bits per heavy atom. The van der Waals surface area contributed by atoms with E-state index in [4.69, 9.17) is 42.1 Å². The molecule has 0 unspecified atom stereocenters. The summed E-state index contributed by atoms with van der Waals surface area (Å²) in [6, 6.07) is 3.19. The summed E-state index contributed by atoms with van der Waals surface area (Å²) in [4.78, 5) is 39.8. The molecule has 33 heavy (non-hydrogen) atoms. The second-order valence-electron chi connectivity index (χ2n) is 7.88. The van der Waals surface area contributed by atoms with Crippen LogP contribution in [0.1, 0.15) is 40.8 Å². The van der Waals surface area contributed by atoms with Gasteiger partial charge < -0.3 is 24.3 Å². The first-order valence-corrected chi connectivity index (χ1v) is 11.0. The molecule has 1 saturated heterocycles. The number of esters is 3. The summed E-state index contributed by atoms with van der Waals surface area (Å²) < 4.78 is 23.9. The average molecular weight is 502 g/mol. The first kappa shape index (κ1) is 25.1. The number of hydrogen-bond donors (Lipinski definition) is 1. The topological polar surface area (TPSA) is 118 Å². The maximum absolute atomic E-state index is 12.0. The molecule has 1 aliphatic rings. The fourth-order valence-corrected chi connectivity index (χ4v) is 4.16. The molecule has 1 aromatic heterocycles. The van der Waals surface area contributed by atoms with Crippen LogP contribution in [-0.4, -0.2) is 58.4 Å². The number of carbonyl (C=O) groups is 3. The quantitative estimate of drug-likeness (QED) is 0.448. The van der Waals surface area contributed by atoms with Crippen LogP contribution in [0, 0.1) is 0 Å². The van der Waals surface area contributed by atoms with Gasteiger partial charge in [-0.15, -0.1) is 0 Å². The van der Waals surface area contributed by atoms with Crippen LogP contribution in [0.3, 0.4) is 0 Å². The van der Waals surface area contributed by atoms with Crippen LogP contribution in [0.15, 0.2) is 12.1 Å². The Labute approximate surface area is 200 Å². The minimum absolute atomic E-state index is 0.0236. The molecule has 0 spiro atoms. The predicted molar refractivity (Wildman–Crippen MR) is 120 cm³/mol. The zero-order valence-electron chi connectivity index (χ0n) is 18.8. The number of imidazole rings is 1. The summed E-state index contributed by atoms with van der Waals surface area (Å²) in [5.41, 5.74) is 0.953. The summed E-state index contributed by atoms with van der Waals surface area (Å²) >= 11 is 12.6. The third-order valence-corrected chi connectivity index (χ3v) is 5.23. The van der Waals surface area contributed by atoms with Gasteiger partial charge in [-0.25, -0.2) is 4.98 Å². The van der Waals surface area contributed by atoms with E-state index in [0.29, 0.717) is 27.0 Å². The van der Waals surface area contributed by atoms with E-state index in [1.54, 1.807) is 16.7 Å². The third kappa shape index (κ3) is 5.69. The summed E-state index contributed by atoms with van der Waals surface area (Å²) in [5, 5.41) is 3.90. The number of hydrogen-bond acceptors (Lipinski definition) is 9. The van der Waals surface area contributed by atoms with Gasteiger partial charge in [-0.1, -0.05) is 23.2 Å². The fraction of sp³-hybridized carbons (Fsp3) is 0.524. The van der Waals surface area contributed by atoms with Crippen LogP contribution in [0.5, 0.6) is 0 Å². The van der Waals surface area contributed by atoms with Crippen molar-refractivity contribution >= 4 is 58.1 Å². The molecule has 1 aliphatic heterocycles. The van der Waals surface area contributed by atoms with E-state index >= 15 is 0 Å². The molecule has 0 aliphatic carbocycles. The lowest BCUT2D eigenvalue weighted by Gasteiger charge is -2.25. The largest absolute Gasteiger partial charge is 0.463 e. The van der Waals surface area contributed by atoms with Crippen molar-refractivity contribution in [1.29, 1.82) is 0 Å². The fourth-order valence-electron chi connectivity index (χ4n) is 3.64. The second kappa shape index (κ2) is 10.1. The van der Waals surface area contributed by atoms with Gasteiger partial charge >= 0.3 is 17.9 Å². The summed E-state index contributed by atoms with van der Waals surface area (Å²) in [5.74, 6) is -1.39. The molecule has 4 atom stereocenters. The van der Waals surface area contributed by atoms with Gasteiger partial charge in [-0.3, -0.25) is 19.0 Å². The molecule has 2 heterocycles. The van der Waals surface area contributed by atoms with E-state index in [2.05, 4.69) is 10.3 Å². The smallest absolute Gasteiger partial charge is 0.303 e. The molecule has 1 fully saturated rings. The normalized spacial score (nSPS) is 22.4. The van der Waals surface area contributed by atoms with Crippen LogP contribution in [-0.2, 0) is 33.3 Å². The Kier molecular flexibility index (Phi) is 7.71. The molecule has 180 valence electrons. The number of halogens is 2. The van der Waals surface area contributed by atoms with Crippen molar-refractivity contribution in [3.8, 4) is 0 Å². The van der Waals surface area contributed by atoms with Crippen molar-refractivity contribution in [2.75, 3.05) is 11.9 Å². The van der Waals surface area contributed by atoms with Gasteiger partial charge in [0.2, 0.25) is 5.95 Å². The highest BCUT2D eigenvalue weighted by Crippen LogP contribution is 2.40. The van der Waals surface area contributed by atoms with Crippen LogP contribution in [0.25, 0.3) is 11.0 Å². The summed E-state index contributed by atoms with van der Waals surface area (Å²) in [6.07, 6.45) is -4.03. The first-order chi connectivity index (χ1) is 15.5. The van der Waals surface area contributed by atoms with E-state index in [0.717, 1.165) is 0 Å². The zero-order valence-corrected chi connectivity index (χ0v) is 20.3. The highest BCUT2D eigenvalue weighted by molar-refractivity contribution is 6.38. The molecule has 10 nitrogen and oxygen atoms in total. The lowest BCUT2D eigenvalue weighted by Crippen LogP contribution is -2.40. The summed E-state index contributed by atoms with van der Waals surface area (Å²) in [6.45, 7) is 7.32. The van der Waals surface area contributed by atoms with Gasteiger partial charge in [-0.2, -0.15) is 0 Å². The molecule has 0 saturated carbocycles. The van der Waals surface area contributed by atoms with Crippen molar-refractivity contribution in [2.24, 2.45) is 0 Å². The number of aromatic nitrogens is 2. The van der Waals surface area contributed by atoms with Gasteiger partial charge in [-0.05, 0) is 26.0 Å². The molecule has 1 aromatic carbocycles. The minimum Gasteiger partial charge on any atom is -0.463 e. The number of benzene rings is 1. The van der Waals surface area contributed by atoms with E-state index in [9.17, 15) is 14.4 Å². The Bertz CT molecular complexity index is 1070. The van der Waals surface area contributed by atoms with Crippen molar-refractivity contribution in [1.82, 2.24) is 9.55 Å². The van der Waals surface area contributed by atoms with Crippen molar-refractivity contribution < 1.29 is 33.3 Å². The molecular formula is C21H25Cl2N3O7. The third-order valence-electron chi connectivity index (χ3n) is 4.73. The minimum atomic E-state index is -1.07. The Morgan fingerprint density at radius 1 is 1.09 bits per heavy atom. The van der Waals surface area contributed by atoms with E-state index in [1.807, 2.05) is 13.8 Å². The molecule has 0 amide bonds. The highest BCUT2D eigenvalue weighted by Gasteiger charge is 2.51. The molecule has 0 radical (unpaired) electrons. The van der Waals surface area contributed by atoms with Gasteiger partial charge in [0, 0.05) is 31.8 Å². The molecule has 3 rings (SSSR count).